The number of aryl methyl sites for hydroxylation is 1. The van der Waals surface area contributed by atoms with Crippen molar-refractivity contribution in [3.05, 3.63) is 54.0 Å². The Morgan fingerprint density at radius 1 is 1.29 bits per heavy atom. The van der Waals surface area contributed by atoms with Crippen molar-refractivity contribution in [3.8, 4) is 11.1 Å². The zero-order valence-corrected chi connectivity index (χ0v) is 16.5. The molecule has 28 heavy (non-hydrogen) atoms. The lowest BCUT2D eigenvalue weighted by Gasteiger charge is -2.35. The summed E-state index contributed by atoms with van der Waals surface area (Å²) >= 11 is 0. The summed E-state index contributed by atoms with van der Waals surface area (Å²) in [7, 11) is 2.00. The van der Waals surface area contributed by atoms with Gasteiger partial charge in [-0.1, -0.05) is 12.1 Å². The number of hydrogen-bond donors (Lipinski definition) is 2. The molecule has 3 N–H and O–H groups in total. The molecule has 2 aromatic carbocycles. The predicted octanol–water partition coefficient (Wildman–Crippen LogP) is 4.37. The highest BCUT2D eigenvalue weighted by atomic mass is 19.1. The molecule has 1 saturated heterocycles. The van der Waals surface area contributed by atoms with Crippen LogP contribution >= 0.6 is 0 Å². The largest absolute Gasteiger partial charge is 0.384 e. The average molecular weight is 378 g/mol. The fourth-order valence-electron chi connectivity index (χ4n) is 4.40. The second-order valence-electron chi connectivity index (χ2n) is 7.77. The van der Waals surface area contributed by atoms with Crippen LogP contribution in [0.5, 0.6) is 0 Å². The number of piperidine rings is 1. The van der Waals surface area contributed by atoms with E-state index in [1.54, 1.807) is 12.3 Å². The minimum atomic E-state index is -0.194. The van der Waals surface area contributed by atoms with Gasteiger partial charge in [0.2, 0.25) is 0 Å². The molecule has 0 amide bonds. The molecule has 0 spiro atoms. The van der Waals surface area contributed by atoms with Gasteiger partial charge in [0.05, 0.1) is 0 Å². The van der Waals surface area contributed by atoms with Gasteiger partial charge in [-0.05, 0) is 74.7 Å². The third-order valence-electron chi connectivity index (χ3n) is 5.70. The van der Waals surface area contributed by atoms with Crippen molar-refractivity contribution in [2.45, 2.75) is 19.8 Å². The summed E-state index contributed by atoms with van der Waals surface area (Å²) in [5.41, 5.74) is 9.59. The monoisotopic (exact) mass is 378 g/mol. The maximum atomic E-state index is 14.7. The Morgan fingerprint density at radius 3 is 2.93 bits per heavy atom. The predicted molar refractivity (Wildman–Crippen MR) is 115 cm³/mol. The van der Waals surface area contributed by atoms with Gasteiger partial charge in [-0.3, -0.25) is 0 Å². The molecule has 0 aliphatic carbocycles. The molecule has 0 saturated carbocycles. The first kappa shape index (κ1) is 18.7. The maximum absolute atomic E-state index is 14.7. The summed E-state index contributed by atoms with van der Waals surface area (Å²) < 4.78 is 14.7. The van der Waals surface area contributed by atoms with Crippen LogP contribution in [0.25, 0.3) is 21.9 Å². The van der Waals surface area contributed by atoms with Crippen LogP contribution in [0.15, 0.2) is 42.6 Å². The van der Waals surface area contributed by atoms with Crippen molar-refractivity contribution < 1.29 is 4.39 Å². The van der Waals surface area contributed by atoms with Crippen LogP contribution in [0.2, 0.25) is 0 Å². The third-order valence-corrected chi connectivity index (χ3v) is 5.70. The number of fused-ring (bicyclic) bond motifs is 1. The number of rotatable bonds is 4. The highest BCUT2D eigenvalue weighted by molar-refractivity contribution is 5.99. The van der Waals surface area contributed by atoms with Gasteiger partial charge in [-0.15, -0.1) is 0 Å². The molecule has 1 aromatic heterocycles. The smallest absolute Gasteiger partial charge is 0.131 e. The molecule has 146 valence electrons. The number of hydrogen-bond acceptors (Lipinski definition) is 4. The molecular formula is C23H27FN4. The van der Waals surface area contributed by atoms with Crippen LogP contribution in [0.4, 0.5) is 15.9 Å². The lowest BCUT2D eigenvalue weighted by atomic mass is 9.94. The van der Waals surface area contributed by atoms with E-state index in [1.165, 1.54) is 12.5 Å². The molecule has 2 heterocycles. The Hall–Kier alpha value is -2.66. The molecule has 0 unspecified atom stereocenters. The van der Waals surface area contributed by atoms with Gasteiger partial charge in [-0.2, -0.15) is 0 Å². The average Bonchev–Trinajstić information content (AvgIpc) is 2.68. The lowest BCUT2D eigenvalue weighted by molar-refractivity contribution is 0.403. The van der Waals surface area contributed by atoms with Gasteiger partial charge in [0, 0.05) is 41.3 Å². The van der Waals surface area contributed by atoms with Crippen molar-refractivity contribution in [2.75, 3.05) is 37.3 Å². The van der Waals surface area contributed by atoms with Crippen LogP contribution in [0.1, 0.15) is 18.4 Å². The van der Waals surface area contributed by atoms with Crippen molar-refractivity contribution in [1.29, 1.82) is 0 Å². The summed E-state index contributed by atoms with van der Waals surface area (Å²) in [5.74, 6) is 0.916. The Morgan fingerprint density at radius 2 is 2.14 bits per heavy atom. The number of benzene rings is 2. The molecule has 1 atom stereocenters. The van der Waals surface area contributed by atoms with E-state index in [1.807, 2.05) is 32.2 Å². The van der Waals surface area contributed by atoms with Crippen molar-refractivity contribution in [2.24, 2.45) is 5.92 Å². The summed E-state index contributed by atoms with van der Waals surface area (Å²) in [6.45, 7) is 4.94. The molecule has 1 fully saturated rings. The van der Waals surface area contributed by atoms with Gasteiger partial charge in [0.1, 0.15) is 11.6 Å². The molecule has 4 nitrogen and oxygen atoms in total. The van der Waals surface area contributed by atoms with E-state index in [9.17, 15) is 4.39 Å². The van der Waals surface area contributed by atoms with E-state index in [0.717, 1.165) is 53.6 Å². The van der Waals surface area contributed by atoms with Crippen LogP contribution in [-0.2, 0) is 0 Å². The topological polar surface area (TPSA) is 54.2 Å². The summed E-state index contributed by atoms with van der Waals surface area (Å²) in [4.78, 5) is 6.70. The molecule has 0 bridgehead atoms. The SMILES string of the molecule is CNC[C@@H]1CCCN(c2cc(-c3c(C)cccc3F)cc3cnc(N)cc23)C1. The van der Waals surface area contributed by atoms with Crippen LogP contribution in [-0.4, -0.2) is 31.7 Å². The number of nitrogens with zero attached hydrogens (tertiary/aromatic N) is 2. The van der Waals surface area contributed by atoms with Crippen LogP contribution < -0.4 is 16.0 Å². The van der Waals surface area contributed by atoms with Crippen molar-refractivity contribution >= 4 is 22.3 Å². The van der Waals surface area contributed by atoms with E-state index in [-0.39, 0.29) is 5.82 Å². The van der Waals surface area contributed by atoms with Gasteiger partial charge < -0.3 is 16.0 Å². The maximum Gasteiger partial charge on any atom is 0.131 e. The number of anilines is 2. The third kappa shape index (κ3) is 3.54. The Balaban J connectivity index is 1.87. The molecule has 0 radical (unpaired) electrons. The molecule has 1 aliphatic heterocycles. The molecular weight excluding hydrogens is 351 g/mol. The highest BCUT2D eigenvalue weighted by Gasteiger charge is 2.22. The first-order valence-corrected chi connectivity index (χ1v) is 9.91. The molecule has 5 heteroatoms. The molecule has 4 rings (SSSR count). The van der Waals surface area contributed by atoms with E-state index in [2.05, 4.69) is 21.3 Å². The Kier molecular flexibility index (Phi) is 5.18. The Labute approximate surface area is 165 Å². The standard InChI is InChI=1S/C23H27FN4/c1-15-5-3-7-20(24)23(15)17-9-18-13-27-22(25)11-19(18)21(10-17)28-8-4-6-16(14-28)12-26-2/h3,5,7,9-11,13,16,26H,4,6,8,12,14H2,1-2H3,(H2,25,27)/t16-/m0/s1. The first-order chi connectivity index (χ1) is 13.6. The fourth-order valence-corrected chi connectivity index (χ4v) is 4.40. The zero-order chi connectivity index (χ0) is 19.7. The summed E-state index contributed by atoms with van der Waals surface area (Å²) in [6, 6.07) is 11.3. The fraction of sp³-hybridized carbons (Fsp3) is 0.348. The van der Waals surface area contributed by atoms with Gasteiger partial charge in [0.25, 0.3) is 0 Å². The van der Waals surface area contributed by atoms with E-state index >= 15 is 0 Å². The second-order valence-corrected chi connectivity index (χ2v) is 7.77. The Bertz CT molecular complexity index is 979. The van der Waals surface area contributed by atoms with Crippen molar-refractivity contribution in [1.82, 2.24) is 10.3 Å². The molecule has 1 aliphatic rings. The van der Waals surface area contributed by atoms with Gasteiger partial charge in [0.15, 0.2) is 0 Å². The van der Waals surface area contributed by atoms with Gasteiger partial charge in [-0.25, -0.2) is 9.37 Å². The molecule has 3 aromatic rings. The quantitative estimate of drug-likeness (QED) is 0.708. The van der Waals surface area contributed by atoms with Crippen LogP contribution in [0, 0.1) is 18.7 Å². The first-order valence-electron chi connectivity index (χ1n) is 9.91. The van der Waals surface area contributed by atoms with E-state index < -0.39 is 0 Å². The van der Waals surface area contributed by atoms with Gasteiger partial charge >= 0.3 is 0 Å². The number of aromatic nitrogens is 1. The number of pyridine rings is 1. The summed E-state index contributed by atoms with van der Waals surface area (Å²) in [6.07, 6.45) is 4.17. The number of halogens is 1. The lowest BCUT2D eigenvalue weighted by Crippen LogP contribution is -2.39. The highest BCUT2D eigenvalue weighted by Crippen LogP contribution is 2.37. The van der Waals surface area contributed by atoms with E-state index in [0.29, 0.717) is 17.3 Å². The number of nitrogens with two attached hydrogens (primary N) is 1. The summed E-state index contributed by atoms with van der Waals surface area (Å²) in [5, 5.41) is 5.37. The van der Waals surface area contributed by atoms with Crippen molar-refractivity contribution in [3.63, 3.8) is 0 Å². The number of nitrogen functional groups attached to an aromatic ring is 1. The minimum absolute atomic E-state index is 0.194. The normalized spacial score (nSPS) is 17.2. The zero-order valence-electron chi connectivity index (χ0n) is 16.5. The van der Waals surface area contributed by atoms with Crippen LogP contribution in [0.3, 0.4) is 0 Å². The second kappa shape index (κ2) is 7.76. The number of nitrogens with one attached hydrogen (secondary N) is 1. The minimum Gasteiger partial charge on any atom is -0.384 e. The van der Waals surface area contributed by atoms with E-state index in [4.69, 9.17) is 5.73 Å².